The van der Waals surface area contributed by atoms with Crippen molar-refractivity contribution in [3.8, 4) is 0 Å². The molecule has 0 radical (unpaired) electrons. The van der Waals surface area contributed by atoms with Crippen LogP contribution in [0.2, 0.25) is 0 Å². The minimum absolute atomic E-state index is 0.120. The van der Waals surface area contributed by atoms with E-state index in [2.05, 4.69) is 9.82 Å². The van der Waals surface area contributed by atoms with Gasteiger partial charge in [0.05, 0.1) is 18.1 Å². The number of aryl methyl sites for hydroxylation is 1. The van der Waals surface area contributed by atoms with Gasteiger partial charge in [0.15, 0.2) is 0 Å². The standard InChI is InChI=1S/C12H18N4O3S/c1-10-2-4-11(5-3-10)20(17,18)15-12(13)14-16-6-8-19-9-7-16/h2-5H,6-9H2,1H3,(H3,13,14,15). The first-order chi connectivity index (χ1) is 9.47. The molecule has 1 aromatic carbocycles. The Morgan fingerprint density at radius 1 is 1.30 bits per heavy atom. The summed E-state index contributed by atoms with van der Waals surface area (Å²) in [6, 6.07) is 6.45. The van der Waals surface area contributed by atoms with Crippen LogP contribution in [0.4, 0.5) is 0 Å². The molecule has 0 aliphatic carbocycles. The first-order valence-corrected chi connectivity index (χ1v) is 7.68. The number of morpholine rings is 1. The zero-order valence-electron chi connectivity index (χ0n) is 11.2. The third-order valence-corrected chi connectivity index (χ3v) is 4.13. The number of hydrazine groups is 1. The summed E-state index contributed by atoms with van der Waals surface area (Å²) in [4.78, 5) is 0.120. The zero-order chi connectivity index (χ0) is 14.6. The predicted octanol–water partition coefficient (Wildman–Crippen LogP) is -0.165. The van der Waals surface area contributed by atoms with Crippen LogP contribution in [0.3, 0.4) is 0 Å². The Balaban J connectivity index is 2.09. The SMILES string of the molecule is Cc1ccc(S(=O)(=O)/N=C(\N)NN2CCOCC2)cc1. The third-order valence-electron chi connectivity index (χ3n) is 2.82. The summed E-state index contributed by atoms with van der Waals surface area (Å²) >= 11 is 0. The Labute approximate surface area is 118 Å². The molecule has 0 aromatic heterocycles. The van der Waals surface area contributed by atoms with E-state index in [1.165, 1.54) is 12.1 Å². The summed E-state index contributed by atoms with van der Waals surface area (Å²) in [6.45, 7) is 4.28. The predicted molar refractivity (Wildman–Crippen MR) is 75.5 cm³/mol. The lowest BCUT2D eigenvalue weighted by Crippen LogP contribution is -2.51. The molecule has 1 aliphatic rings. The van der Waals surface area contributed by atoms with Crippen molar-refractivity contribution in [2.45, 2.75) is 11.8 Å². The van der Waals surface area contributed by atoms with Gasteiger partial charge in [0, 0.05) is 13.1 Å². The van der Waals surface area contributed by atoms with E-state index < -0.39 is 10.0 Å². The van der Waals surface area contributed by atoms with E-state index in [4.69, 9.17) is 10.5 Å². The lowest BCUT2D eigenvalue weighted by atomic mass is 10.2. The van der Waals surface area contributed by atoms with Crippen LogP contribution in [-0.2, 0) is 14.8 Å². The summed E-state index contributed by atoms with van der Waals surface area (Å²) in [7, 11) is -3.78. The van der Waals surface area contributed by atoms with Crippen molar-refractivity contribution in [1.82, 2.24) is 10.4 Å². The van der Waals surface area contributed by atoms with Gasteiger partial charge >= 0.3 is 0 Å². The Morgan fingerprint density at radius 3 is 2.50 bits per heavy atom. The minimum atomic E-state index is -3.78. The Kier molecular flexibility index (Phi) is 4.58. The number of rotatable bonds is 3. The lowest BCUT2D eigenvalue weighted by molar-refractivity contribution is 0.0246. The van der Waals surface area contributed by atoms with Crippen LogP contribution in [0, 0.1) is 6.92 Å². The average molecular weight is 298 g/mol. The smallest absolute Gasteiger partial charge is 0.285 e. The van der Waals surface area contributed by atoms with Crippen molar-refractivity contribution in [3.05, 3.63) is 29.8 Å². The largest absolute Gasteiger partial charge is 0.379 e. The molecule has 20 heavy (non-hydrogen) atoms. The van der Waals surface area contributed by atoms with E-state index in [1.54, 1.807) is 17.1 Å². The summed E-state index contributed by atoms with van der Waals surface area (Å²) in [5, 5.41) is 1.77. The molecule has 0 saturated carbocycles. The highest BCUT2D eigenvalue weighted by Gasteiger charge is 2.15. The van der Waals surface area contributed by atoms with Crippen molar-refractivity contribution < 1.29 is 13.2 Å². The molecule has 110 valence electrons. The van der Waals surface area contributed by atoms with Gasteiger partial charge < -0.3 is 10.5 Å². The van der Waals surface area contributed by atoms with E-state index in [1.807, 2.05) is 6.92 Å². The van der Waals surface area contributed by atoms with Crippen LogP contribution < -0.4 is 11.2 Å². The maximum absolute atomic E-state index is 12.0. The highest BCUT2D eigenvalue weighted by atomic mass is 32.2. The number of ether oxygens (including phenoxy) is 1. The number of benzene rings is 1. The summed E-state index contributed by atoms with van der Waals surface area (Å²) in [5.74, 6) is -0.146. The molecule has 8 heteroatoms. The van der Waals surface area contributed by atoms with Crippen molar-refractivity contribution >= 4 is 16.0 Å². The average Bonchev–Trinajstić information content (AvgIpc) is 2.39. The van der Waals surface area contributed by atoms with E-state index in [0.29, 0.717) is 26.3 Å². The van der Waals surface area contributed by atoms with E-state index in [9.17, 15) is 8.42 Å². The highest BCUT2D eigenvalue weighted by molar-refractivity contribution is 7.90. The molecule has 0 spiro atoms. The fourth-order valence-corrected chi connectivity index (χ4v) is 2.64. The molecule has 1 aliphatic heterocycles. The van der Waals surface area contributed by atoms with E-state index in [0.717, 1.165) is 5.56 Å². The quantitative estimate of drug-likeness (QED) is 0.594. The molecule has 3 N–H and O–H groups in total. The van der Waals surface area contributed by atoms with E-state index in [-0.39, 0.29) is 10.9 Å². The third kappa shape index (κ3) is 3.92. The topological polar surface area (TPSA) is 97.0 Å². The van der Waals surface area contributed by atoms with E-state index >= 15 is 0 Å². The van der Waals surface area contributed by atoms with Crippen molar-refractivity contribution in [2.75, 3.05) is 26.3 Å². The summed E-state index contributed by atoms with van der Waals surface area (Å²) in [5.41, 5.74) is 9.37. The van der Waals surface area contributed by atoms with Crippen LogP contribution in [-0.4, -0.2) is 45.7 Å². The Morgan fingerprint density at radius 2 is 1.90 bits per heavy atom. The van der Waals surface area contributed by atoms with Crippen LogP contribution in [0.15, 0.2) is 33.6 Å². The van der Waals surface area contributed by atoms with Gasteiger partial charge in [0.2, 0.25) is 5.96 Å². The van der Waals surface area contributed by atoms with Crippen molar-refractivity contribution in [3.63, 3.8) is 0 Å². The molecule has 1 saturated heterocycles. The van der Waals surface area contributed by atoms with Crippen LogP contribution >= 0.6 is 0 Å². The van der Waals surface area contributed by atoms with Gasteiger partial charge in [0.1, 0.15) is 0 Å². The zero-order valence-corrected chi connectivity index (χ0v) is 12.1. The lowest BCUT2D eigenvalue weighted by Gasteiger charge is -2.27. The van der Waals surface area contributed by atoms with Gasteiger partial charge in [0.25, 0.3) is 10.0 Å². The number of guanidine groups is 1. The van der Waals surface area contributed by atoms with Crippen molar-refractivity contribution in [2.24, 2.45) is 10.1 Å². The fourth-order valence-electron chi connectivity index (χ4n) is 1.75. The normalized spacial score (nSPS) is 17.9. The summed E-state index contributed by atoms with van der Waals surface area (Å²) in [6.07, 6.45) is 0. The van der Waals surface area contributed by atoms with Crippen LogP contribution in [0.5, 0.6) is 0 Å². The molecular weight excluding hydrogens is 280 g/mol. The molecule has 0 atom stereocenters. The molecule has 0 amide bonds. The van der Waals surface area contributed by atoms with Gasteiger partial charge in [-0.1, -0.05) is 17.7 Å². The van der Waals surface area contributed by atoms with Crippen LogP contribution in [0.1, 0.15) is 5.56 Å². The number of nitrogens with two attached hydrogens (primary N) is 1. The second-order valence-electron chi connectivity index (χ2n) is 4.48. The van der Waals surface area contributed by atoms with Gasteiger partial charge in [-0.05, 0) is 19.1 Å². The molecular formula is C12H18N4O3S. The fraction of sp³-hybridized carbons (Fsp3) is 0.417. The highest BCUT2D eigenvalue weighted by Crippen LogP contribution is 2.12. The first-order valence-electron chi connectivity index (χ1n) is 6.24. The molecule has 1 fully saturated rings. The molecule has 0 bridgehead atoms. The number of nitrogens with zero attached hydrogens (tertiary/aromatic N) is 2. The number of hydrogen-bond donors (Lipinski definition) is 2. The molecule has 7 nitrogen and oxygen atoms in total. The molecule has 1 heterocycles. The number of nitrogens with one attached hydrogen (secondary N) is 1. The maximum Gasteiger partial charge on any atom is 0.285 e. The summed E-state index contributed by atoms with van der Waals surface area (Å²) < 4.78 is 32.8. The molecule has 0 unspecified atom stereocenters. The number of sulfonamides is 1. The molecule has 2 rings (SSSR count). The molecule has 1 aromatic rings. The Bertz CT molecular complexity index is 577. The minimum Gasteiger partial charge on any atom is -0.379 e. The first kappa shape index (κ1) is 14.8. The Hall–Kier alpha value is -1.64. The number of hydrogen-bond acceptors (Lipinski definition) is 4. The van der Waals surface area contributed by atoms with Gasteiger partial charge in [-0.3, -0.25) is 5.43 Å². The van der Waals surface area contributed by atoms with Gasteiger partial charge in [-0.2, -0.15) is 8.42 Å². The second-order valence-corrected chi connectivity index (χ2v) is 6.08. The van der Waals surface area contributed by atoms with Gasteiger partial charge in [-0.15, -0.1) is 4.40 Å². The maximum atomic E-state index is 12.0. The van der Waals surface area contributed by atoms with Crippen molar-refractivity contribution in [1.29, 1.82) is 0 Å². The van der Waals surface area contributed by atoms with Gasteiger partial charge in [-0.25, -0.2) is 5.01 Å². The monoisotopic (exact) mass is 298 g/mol. The second kappa shape index (κ2) is 6.21. The van der Waals surface area contributed by atoms with Crippen LogP contribution in [0.25, 0.3) is 0 Å².